The predicted molar refractivity (Wildman–Crippen MR) is 79.0 cm³/mol. The van der Waals surface area contributed by atoms with E-state index in [1.54, 1.807) is 12.1 Å². The molecule has 0 radical (unpaired) electrons. The maximum Gasteiger partial charge on any atom is 0.146 e. The van der Waals surface area contributed by atoms with Gasteiger partial charge in [-0.25, -0.2) is 4.39 Å². The summed E-state index contributed by atoms with van der Waals surface area (Å²) in [5.41, 5.74) is 7.72. The molecule has 2 atom stereocenters. The van der Waals surface area contributed by atoms with Gasteiger partial charge >= 0.3 is 0 Å². The summed E-state index contributed by atoms with van der Waals surface area (Å²) in [5.74, 6) is 0.589. The molecular weight excluding hydrogens is 239 g/mol. The molecule has 1 heterocycles. The molecule has 2 rings (SSSR count). The lowest BCUT2D eigenvalue weighted by atomic mass is 9.94. The van der Waals surface area contributed by atoms with Crippen molar-refractivity contribution >= 4 is 5.69 Å². The van der Waals surface area contributed by atoms with Crippen molar-refractivity contribution < 1.29 is 4.39 Å². The molecule has 0 bridgehead atoms. The van der Waals surface area contributed by atoms with Gasteiger partial charge in [-0.05, 0) is 43.7 Å². The average Bonchev–Trinajstić information content (AvgIpc) is 2.38. The molecule has 0 spiro atoms. The molecule has 0 aliphatic carbocycles. The van der Waals surface area contributed by atoms with Gasteiger partial charge in [-0.1, -0.05) is 25.5 Å². The largest absolute Gasteiger partial charge is 0.369 e. The van der Waals surface area contributed by atoms with Crippen LogP contribution in [0, 0.1) is 11.7 Å². The smallest absolute Gasteiger partial charge is 0.146 e. The molecule has 1 aromatic carbocycles. The first-order valence-corrected chi connectivity index (χ1v) is 7.39. The molecule has 0 amide bonds. The highest BCUT2D eigenvalue weighted by molar-refractivity contribution is 5.55. The first-order chi connectivity index (χ1) is 9.11. The number of nitrogens with two attached hydrogens (primary N) is 1. The van der Waals surface area contributed by atoms with E-state index in [1.165, 1.54) is 12.8 Å². The van der Waals surface area contributed by atoms with Crippen molar-refractivity contribution in [1.82, 2.24) is 0 Å². The average molecular weight is 264 g/mol. The Kier molecular flexibility index (Phi) is 4.81. The fourth-order valence-electron chi connectivity index (χ4n) is 3.03. The summed E-state index contributed by atoms with van der Waals surface area (Å²) in [6.45, 7) is 6.13. The highest BCUT2D eigenvalue weighted by atomic mass is 19.1. The van der Waals surface area contributed by atoms with E-state index >= 15 is 0 Å². The lowest BCUT2D eigenvalue weighted by Crippen LogP contribution is -2.36. The van der Waals surface area contributed by atoms with Gasteiger partial charge in [0, 0.05) is 19.1 Å². The molecule has 0 saturated carbocycles. The topological polar surface area (TPSA) is 29.3 Å². The monoisotopic (exact) mass is 264 g/mol. The minimum atomic E-state index is -0.102. The quantitative estimate of drug-likeness (QED) is 0.903. The molecule has 0 aromatic heterocycles. The van der Waals surface area contributed by atoms with E-state index in [4.69, 9.17) is 5.73 Å². The van der Waals surface area contributed by atoms with Crippen LogP contribution in [-0.2, 0) is 6.42 Å². The van der Waals surface area contributed by atoms with E-state index in [0.717, 1.165) is 37.2 Å². The fraction of sp³-hybridized carbons (Fsp3) is 0.625. The zero-order valence-electron chi connectivity index (χ0n) is 12.0. The number of anilines is 1. The molecular formula is C16H25FN2. The van der Waals surface area contributed by atoms with Crippen LogP contribution >= 0.6 is 0 Å². The number of hydrogen-bond acceptors (Lipinski definition) is 2. The maximum atomic E-state index is 14.2. The maximum absolute atomic E-state index is 14.2. The van der Waals surface area contributed by atoms with E-state index in [2.05, 4.69) is 11.8 Å². The number of piperidine rings is 1. The van der Waals surface area contributed by atoms with Crippen LogP contribution in [0.1, 0.15) is 38.7 Å². The second-order valence-corrected chi connectivity index (χ2v) is 5.79. The van der Waals surface area contributed by atoms with E-state index in [0.29, 0.717) is 5.92 Å². The van der Waals surface area contributed by atoms with Crippen LogP contribution < -0.4 is 10.6 Å². The Labute approximate surface area is 115 Å². The Balaban J connectivity index is 2.26. The number of para-hydroxylation sites is 1. The van der Waals surface area contributed by atoms with Gasteiger partial charge < -0.3 is 10.6 Å². The third kappa shape index (κ3) is 3.47. The SMILES string of the molecule is CCC1CCCN(c2c(F)cccc2CC(C)N)C1. The lowest BCUT2D eigenvalue weighted by molar-refractivity contribution is 0.401. The van der Waals surface area contributed by atoms with Gasteiger partial charge in [-0.15, -0.1) is 0 Å². The zero-order valence-corrected chi connectivity index (χ0v) is 12.0. The summed E-state index contributed by atoms with van der Waals surface area (Å²) in [4.78, 5) is 2.23. The highest BCUT2D eigenvalue weighted by Crippen LogP contribution is 2.30. The third-order valence-electron chi connectivity index (χ3n) is 4.02. The first-order valence-electron chi connectivity index (χ1n) is 7.39. The number of hydrogen-bond donors (Lipinski definition) is 1. The van der Waals surface area contributed by atoms with Gasteiger partial charge in [-0.3, -0.25) is 0 Å². The van der Waals surface area contributed by atoms with Crippen molar-refractivity contribution in [1.29, 1.82) is 0 Å². The summed E-state index contributed by atoms with van der Waals surface area (Å²) >= 11 is 0. The molecule has 1 fully saturated rings. The van der Waals surface area contributed by atoms with E-state index in [-0.39, 0.29) is 11.9 Å². The standard InChI is InChI=1S/C16H25FN2/c1-3-13-6-5-9-19(11-13)16-14(10-12(2)18)7-4-8-15(16)17/h4,7-8,12-13H,3,5-6,9-11,18H2,1-2H3. The second kappa shape index (κ2) is 6.38. The van der Waals surface area contributed by atoms with E-state index < -0.39 is 0 Å². The van der Waals surface area contributed by atoms with Gasteiger partial charge in [-0.2, -0.15) is 0 Å². The molecule has 106 valence electrons. The third-order valence-corrected chi connectivity index (χ3v) is 4.02. The molecule has 1 saturated heterocycles. The number of halogens is 1. The molecule has 3 heteroatoms. The second-order valence-electron chi connectivity index (χ2n) is 5.79. The van der Waals surface area contributed by atoms with Gasteiger partial charge in [0.15, 0.2) is 0 Å². The van der Waals surface area contributed by atoms with Crippen LogP contribution in [0.25, 0.3) is 0 Å². The Morgan fingerprint density at radius 2 is 2.26 bits per heavy atom. The molecule has 2 unspecified atom stereocenters. The number of rotatable bonds is 4. The summed E-state index contributed by atoms with van der Waals surface area (Å²) in [5, 5.41) is 0. The van der Waals surface area contributed by atoms with Crippen molar-refractivity contribution in [2.75, 3.05) is 18.0 Å². The van der Waals surface area contributed by atoms with Crippen molar-refractivity contribution in [3.63, 3.8) is 0 Å². The minimum absolute atomic E-state index is 0.0623. The van der Waals surface area contributed by atoms with Crippen LogP contribution in [0.2, 0.25) is 0 Å². The van der Waals surface area contributed by atoms with Gasteiger partial charge in [0.25, 0.3) is 0 Å². The minimum Gasteiger partial charge on any atom is -0.369 e. The normalized spacial score (nSPS) is 21.5. The van der Waals surface area contributed by atoms with Gasteiger partial charge in [0.05, 0.1) is 5.69 Å². The molecule has 2 nitrogen and oxygen atoms in total. The predicted octanol–water partition coefficient (Wildman–Crippen LogP) is 3.34. The molecule has 1 aliphatic rings. The van der Waals surface area contributed by atoms with Crippen LogP contribution in [0.15, 0.2) is 18.2 Å². The lowest BCUT2D eigenvalue weighted by Gasteiger charge is -2.35. The van der Waals surface area contributed by atoms with Crippen LogP contribution in [0.4, 0.5) is 10.1 Å². The van der Waals surface area contributed by atoms with E-state index in [9.17, 15) is 4.39 Å². The summed E-state index contributed by atoms with van der Waals surface area (Å²) < 4.78 is 14.2. The Morgan fingerprint density at radius 1 is 1.47 bits per heavy atom. The van der Waals surface area contributed by atoms with E-state index in [1.807, 2.05) is 13.0 Å². The molecule has 19 heavy (non-hydrogen) atoms. The Morgan fingerprint density at radius 3 is 2.95 bits per heavy atom. The van der Waals surface area contributed by atoms with Crippen molar-refractivity contribution in [3.8, 4) is 0 Å². The fourth-order valence-corrected chi connectivity index (χ4v) is 3.03. The van der Waals surface area contributed by atoms with Crippen LogP contribution in [0.3, 0.4) is 0 Å². The van der Waals surface area contributed by atoms with Crippen molar-refractivity contribution in [3.05, 3.63) is 29.6 Å². The number of nitrogens with zero attached hydrogens (tertiary/aromatic N) is 1. The molecule has 2 N–H and O–H groups in total. The summed E-state index contributed by atoms with van der Waals surface area (Å²) in [7, 11) is 0. The molecule has 1 aromatic rings. The van der Waals surface area contributed by atoms with Crippen LogP contribution in [-0.4, -0.2) is 19.1 Å². The highest BCUT2D eigenvalue weighted by Gasteiger charge is 2.23. The van der Waals surface area contributed by atoms with Gasteiger partial charge in [0.1, 0.15) is 5.82 Å². The van der Waals surface area contributed by atoms with Crippen LogP contribution in [0.5, 0.6) is 0 Å². The summed E-state index contributed by atoms with van der Waals surface area (Å²) in [6, 6.07) is 5.43. The van der Waals surface area contributed by atoms with Gasteiger partial charge in [0.2, 0.25) is 0 Å². The first kappa shape index (κ1) is 14.3. The zero-order chi connectivity index (χ0) is 13.8. The Hall–Kier alpha value is -1.09. The number of benzene rings is 1. The van der Waals surface area contributed by atoms with Crippen molar-refractivity contribution in [2.45, 2.75) is 45.6 Å². The van der Waals surface area contributed by atoms with Crippen molar-refractivity contribution in [2.24, 2.45) is 11.7 Å². The summed E-state index contributed by atoms with van der Waals surface area (Å²) in [6.07, 6.45) is 4.34. The Bertz CT molecular complexity index is 417. The molecule has 1 aliphatic heterocycles.